The minimum atomic E-state index is -0.215. The molecular weight excluding hydrogens is 238 g/mol. The molecule has 1 atom stereocenters. The van der Waals surface area contributed by atoms with Crippen molar-refractivity contribution in [2.75, 3.05) is 12.3 Å². The van der Waals surface area contributed by atoms with Crippen LogP contribution in [-0.2, 0) is 7.05 Å². The number of thioether (sulfide) groups is 1. The predicted molar refractivity (Wildman–Crippen MR) is 67.3 cm³/mol. The SMILES string of the molecule is Cn1nc(C(=O)NC[C@@H]2CCCS2)ccc1=O. The normalized spacial score (nSPS) is 19.2. The maximum absolute atomic E-state index is 11.8. The molecule has 0 aliphatic carbocycles. The molecule has 1 fully saturated rings. The Morgan fingerprint density at radius 3 is 3.12 bits per heavy atom. The molecule has 92 valence electrons. The first-order valence-electron chi connectivity index (χ1n) is 5.61. The van der Waals surface area contributed by atoms with E-state index in [1.165, 1.54) is 36.0 Å². The molecule has 6 heteroatoms. The monoisotopic (exact) mass is 253 g/mol. The number of rotatable bonds is 3. The molecular formula is C11H15N3O2S. The molecule has 2 rings (SSSR count). The van der Waals surface area contributed by atoms with Gasteiger partial charge in [-0.05, 0) is 24.7 Å². The lowest BCUT2D eigenvalue weighted by atomic mass is 10.2. The lowest BCUT2D eigenvalue weighted by molar-refractivity contribution is 0.0946. The van der Waals surface area contributed by atoms with Gasteiger partial charge in [-0.3, -0.25) is 9.59 Å². The van der Waals surface area contributed by atoms with E-state index in [2.05, 4.69) is 10.4 Å². The van der Waals surface area contributed by atoms with Gasteiger partial charge >= 0.3 is 0 Å². The standard InChI is InChI=1S/C11H15N3O2S/c1-14-10(15)5-4-9(13-14)11(16)12-7-8-3-2-6-17-8/h4-5,8H,2-3,6-7H2,1H3,(H,12,16)/t8-/m0/s1. The van der Waals surface area contributed by atoms with Gasteiger partial charge in [-0.2, -0.15) is 16.9 Å². The second-order valence-corrected chi connectivity index (χ2v) is 5.43. The van der Waals surface area contributed by atoms with Gasteiger partial charge in [0.05, 0.1) is 0 Å². The number of amides is 1. The molecule has 0 spiro atoms. The van der Waals surface area contributed by atoms with E-state index in [0.717, 1.165) is 6.42 Å². The number of hydrogen-bond acceptors (Lipinski definition) is 4. The van der Waals surface area contributed by atoms with E-state index in [4.69, 9.17) is 0 Å². The van der Waals surface area contributed by atoms with Crippen LogP contribution in [0.1, 0.15) is 23.3 Å². The van der Waals surface area contributed by atoms with Crippen LogP contribution < -0.4 is 10.9 Å². The van der Waals surface area contributed by atoms with Crippen molar-refractivity contribution >= 4 is 17.7 Å². The third kappa shape index (κ3) is 3.09. The fourth-order valence-electron chi connectivity index (χ4n) is 1.73. The second-order valence-electron chi connectivity index (χ2n) is 4.03. The fraction of sp³-hybridized carbons (Fsp3) is 0.545. The van der Waals surface area contributed by atoms with E-state index in [9.17, 15) is 9.59 Å². The van der Waals surface area contributed by atoms with Crippen molar-refractivity contribution in [2.45, 2.75) is 18.1 Å². The zero-order valence-corrected chi connectivity index (χ0v) is 10.5. The quantitative estimate of drug-likeness (QED) is 0.847. The van der Waals surface area contributed by atoms with Crippen molar-refractivity contribution in [1.82, 2.24) is 15.1 Å². The smallest absolute Gasteiger partial charge is 0.271 e. The van der Waals surface area contributed by atoms with Gasteiger partial charge in [0.25, 0.3) is 11.5 Å². The summed E-state index contributed by atoms with van der Waals surface area (Å²) in [5, 5.41) is 7.27. The van der Waals surface area contributed by atoms with Gasteiger partial charge in [-0.1, -0.05) is 0 Å². The average Bonchev–Trinajstić information content (AvgIpc) is 2.82. The van der Waals surface area contributed by atoms with E-state index in [1.54, 1.807) is 0 Å². The Morgan fingerprint density at radius 2 is 2.47 bits per heavy atom. The zero-order valence-electron chi connectivity index (χ0n) is 9.68. The van der Waals surface area contributed by atoms with Crippen molar-refractivity contribution in [2.24, 2.45) is 7.05 Å². The van der Waals surface area contributed by atoms with Gasteiger partial charge in [0.1, 0.15) is 5.69 Å². The summed E-state index contributed by atoms with van der Waals surface area (Å²) in [6.45, 7) is 0.675. The van der Waals surface area contributed by atoms with E-state index in [1.807, 2.05) is 11.8 Å². The maximum atomic E-state index is 11.8. The Labute approximate surface area is 104 Å². The largest absolute Gasteiger partial charge is 0.350 e. The van der Waals surface area contributed by atoms with E-state index in [0.29, 0.717) is 11.8 Å². The van der Waals surface area contributed by atoms with Crippen LogP contribution in [-0.4, -0.2) is 33.2 Å². The van der Waals surface area contributed by atoms with Crippen LogP contribution >= 0.6 is 11.8 Å². The molecule has 1 aliphatic heterocycles. The number of carbonyl (C=O) groups excluding carboxylic acids is 1. The van der Waals surface area contributed by atoms with Crippen molar-refractivity contribution in [3.63, 3.8) is 0 Å². The van der Waals surface area contributed by atoms with Crippen molar-refractivity contribution < 1.29 is 4.79 Å². The molecule has 17 heavy (non-hydrogen) atoms. The van der Waals surface area contributed by atoms with Crippen LogP contribution in [0.3, 0.4) is 0 Å². The third-order valence-electron chi connectivity index (χ3n) is 2.71. The van der Waals surface area contributed by atoms with Gasteiger partial charge < -0.3 is 5.32 Å². The summed E-state index contributed by atoms with van der Waals surface area (Å²) in [5.74, 6) is 0.964. The number of hydrogen-bond donors (Lipinski definition) is 1. The zero-order chi connectivity index (χ0) is 12.3. The van der Waals surface area contributed by atoms with Crippen LogP contribution in [0.4, 0.5) is 0 Å². The third-order valence-corrected chi connectivity index (χ3v) is 4.11. The Balaban J connectivity index is 1.94. The van der Waals surface area contributed by atoms with Gasteiger partial charge in [0, 0.05) is 24.9 Å². The van der Waals surface area contributed by atoms with E-state index in [-0.39, 0.29) is 17.2 Å². The summed E-state index contributed by atoms with van der Waals surface area (Å²) in [4.78, 5) is 22.9. The number of aryl methyl sites for hydroxylation is 1. The number of nitrogens with one attached hydrogen (secondary N) is 1. The summed E-state index contributed by atoms with van der Waals surface area (Å²) >= 11 is 1.89. The molecule has 0 unspecified atom stereocenters. The molecule has 1 aliphatic rings. The number of aromatic nitrogens is 2. The molecule has 0 radical (unpaired) electrons. The number of nitrogens with zero attached hydrogens (tertiary/aromatic N) is 2. The van der Waals surface area contributed by atoms with Gasteiger partial charge in [0.15, 0.2) is 0 Å². The molecule has 1 aromatic heterocycles. The number of carbonyl (C=O) groups is 1. The van der Waals surface area contributed by atoms with Crippen molar-refractivity contribution in [3.8, 4) is 0 Å². The highest BCUT2D eigenvalue weighted by Crippen LogP contribution is 2.25. The van der Waals surface area contributed by atoms with E-state index < -0.39 is 0 Å². The molecule has 0 bridgehead atoms. The van der Waals surface area contributed by atoms with E-state index >= 15 is 0 Å². The van der Waals surface area contributed by atoms with Crippen LogP contribution in [0.2, 0.25) is 0 Å². The molecule has 1 N–H and O–H groups in total. The summed E-state index contributed by atoms with van der Waals surface area (Å²) < 4.78 is 1.17. The molecule has 2 heterocycles. The Hall–Kier alpha value is -1.30. The lowest BCUT2D eigenvalue weighted by Crippen LogP contribution is -2.32. The molecule has 1 aromatic rings. The minimum absolute atomic E-state index is 0.215. The van der Waals surface area contributed by atoms with Crippen molar-refractivity contribution in [1.29, 1.82) is 0 Å². The van der Waals surface area contributed by atoms with Crippen molar-refractivity contribution in [3.05, 3.63) is 28.2 Å². The van der Waals surface area contributed by atoms with Gasteiger partial charge in [-0.15, -0.1) is 0 Å². The molecule has 0 aromatic carbocycles. The summed E-state index contributed by atoms with van der Waals surface area (Å²) in [7, 11) is 1.53. The first-order chi connectivity index (χ1) is 8.16. The summed E-state index contributed by atoms with van der Waals surface area (Å²) in [5.41, 5.74) is 0.0722. The summed E-state index contributed by atoms with van der Waals surface area (Å²) in [6.07, 6.45) is 2.38. The highest BCUT2D eigenvalue weighted by molar-refractivity contribution is 8.00. The van der Waals surface area contributed by atoms with Crippen LogP contribution in [0.15, 0.2) is 16.9 Å². The predicted octanol–water partition coefficient (Wildman–Crippen LogP) is 0.406. The Bertz CT molecular complexity index is 466. The second kappa shape index (κ2) is 5.35. The highest BCUT2D eigenvalue weighted by Gasteiger charge is 2.17. The van der Waals surface area contributed by atoms with Crippen LogP contribution in [0, 0.1) is 0 Å². The summed E-state index contributed by atoms with van der Waals surface area (Å²) in [6, 6.07) is 2.81. The maximum Gasteiger partial charge on any atom is 0.271 e. The first-order valence-corrected chi connectivity index (χ1v) is 6.66. The van der Waals surface area contributed by atoms with Crippen LogP contribution in [0.5, 0.6) is 0 Å². The van der Waals surface area contributed by atoms with Gasteiger partial charge in [0.2, 0.25) is 0 Å². The average molecular weight is 253 g/mol. The molecule has 5 nitrogen and oxygen atoms in total. The molecule has 1 amide bonds. The van der Waals surface area contributed by atoms with Crippen LogP contribution in [0.25, 0.3) is 0 Å². The molecule has 0 saturated carbocycles. The molecule has 1 saturated heterocycles. The Morgan fingerprint density at radius 1 is 1.65 bits per heavy atom. The fourth-order valence-corrected chi connectivity index (χ4v) is 2.93. The lowest BCUT2D eigenvalue weighted by Gasteiger charge is -2.09. The highest BCUT2D eigenvalue weighted by atomic mass is 32.2. The van der Waals surface area contributed by atoms with Gasteiger partial charge in [-0.25, -0.2) is 4.68 Å². The minimum Gasteiger partial charge on any atom is -0.350 e. The first kappa shape index (κ1) is 12.2. The Kier molecular flexibility index (Phi) is 3.83. The topological polar surface area (TPSA) is 64.0 Å².